The molecule has 0 atom stereocenters. The third-order valence-electron chi connectivity index (χ3n) is 2.03. The molecule has 2 amide bonds. The molecule has 0 fully saturated rings. The number of rotatable bonds is 5. The van der Waals surface area contributed by atoms with Crippen LogP contribution in [0.2, 0.25) is 0 Å². The summed E-state index contributed by atoms with van der Waals surface area (Å²) in [5, 5.41) is 20.5. The van der Waals surface area contributed by atoms with Crippen LogP contribution in [0.15, 0.2) is 9.73 Å². The lowest BCUT2D eigenvalue weighted by molar-refractivity contribution is -0.806. The minimum atomic E-state index is -0.397. The molecule has 0 saturated carbocycles. The van der Waals surface area contributed by atoms with Gasteiger partial charge in [0.15, 0.2) is 0 Å². The van der Waals surface area contributed by atoms with Crippen molar-refractivity contribution in [3.63, 3.8) is 0 Å². The lowest BCUT2D eigenvalue weighted by Gasteiger charge is -2.01. The van der Waals surface area contributed by atoms with Gasteiger partial charge in [-0.15, -0.1) is 0 Å². The van der Waals surface area contributed by atoms with E-state index in [1.165, 1.54) is 13.1 Å². The Hall–Kier alpha value is -2.12. The van der Waals surface area contributed by atoms with E-state index >= 15 is 0 Å². The Morgan fingerprint density at radius 2 is 2.47 bits per heavy atom. The van der Waals surface area contributed by atoms with Crippen molar-refractivity contribution in [1.29, 1.82) is 0 Å². The average molecular weight is 241 g/mol. The van der Waals surface area contributed by atoms with Gasteiger partial charge in [0.1, 0.15) is 6.21 Å². The van der Waals surface area contributed by atoms with Crippen LogP contribution < -0.4 is 15.6 Å². The largest absolute Gasteiger partial charge is 0.359 e. The van der Waals surface area contributed by atoms with Crippen molar-refractivity contribution in [2.75, 3.05) is 6.54 Å². The number of hydrogen-bond acceptors (Lipinski definition) is 5. The van der Waals surface area contributed by atoms with Gasteiger partial charge in [-0.2, -0.15) is 5.10 Å². The summed E-state index contributed by atoms with van der Waals surface area (Å²) >= 11 is 0. The zero-order valence-electron chi connectivity index (χ0n) is 9.77. The van der Waals surface area contributed by atoms with E-state index in [2.05, 4.69) is 25.6 Å². The Balaban J connectivity index is 2.35. The normalized spacial score (nSPS) is 10.7. The maximum Gasteiger partial charge on any atom is 0.335 e. The summed E-state index contributed by atoms with van der Waals surface area (Å²) in [7, 11) is 0. The molecule has 0 radical (unpaired) electrons. The number of urea groups is 1. The molecular formula is C9H15N5O3. The van der Waals surface area contributed by atoms with E-state index in [-0.39, 0.29) is 16.3 Å². The van der Waals surface area contributed by atoms with Gasteiger partial charge in [-0.3, -0.25) is 4.63 Å². The number of hydrogen-bond donors (Lipinski definition) is 2. The molecule has 0 aromatic carbocycles. The zero-order valence-corrected chi connectivity index (χ0v) is 9.77. The van der Waals surface area contributed by atoms with Gasteiger partial charge in [-0.05, 0) is 11.3 Å². The van der Waals surface area contributed by atoms with Gasteiger partial charge in [-0.25, -0.2) is 10.2 Å². The molecule has 1 aromatic rings. The summed E-state index contributed by atoms with van der Waals surface area (Å²) in [5.41, 5.74) is 2.80. The number of nitrogens with zero attached hydrogens (tertiary/aromatic N) is 3. The maximum atomic E-state index is 11.2. The first kappa shape index (κ1) is 12.9. The lowest BCUT2D eigenvalue weighted by atomic mass is 10.3. The third kappa shape index (κ3) is 4.09. The van der Waals surface area contributed by atoms with Gasteiger partial charge in [0.2, 0.25) is 5.69 Å². The Kier molecular flexibility index (Phi) is 4.92. The number of nitrogens with one attached hydrogen (secondary N) is 2. The summed E-state index contributed by atoms with van der Waals surface area (Å²) in [4.78, 5) is 11.4. The van der Waals surface area contributed by atoms with Gasteiger partial charge in [0.05, 0.1) is 0 Å². The van der Waals surface area contributed by atoms with Gasteiger partial charge in [0.25, 0.3) is 5.69 Å². The van der Waals surface area contributed by atoms with E-state index in [9.17, 15) is 10.0 Å². The highest BCUT2D eigenvalue weighted by Gasteiger charge is 2.10. The Labute approximate surface area is 98.2 Å². The average Bonchev–Trinajstić information content (AvgIpc) is 2.61. The molecule has 94 valence electrons. The van der Waals surface area contributed by atoms with Crippen molar-refractivity contribution in [3.05, 3.63) is 16.6 Å². The second-order valence-corrected chi connectivity index (χ2v) is 3.38. The highest BCUT2D eigenvalue weighted by atomic mass is 16.8. The summed E-state index contributed by atoms with van der Waals surface area (Å²) < 4.78 is 4.32. The minimum Gasteiger partial charge on any atom is -0.359 e. The van der Waals surface area contributed by atoms with Crippen molar-refractivity contribution in [3.8, 4) is 0 Å². The van der Waals surface area contributed by atoms with Crippen LogP contribution in [-0.4, -0.2) is 23.9 Å². The fraction of sp³-hybridized carbons (Fsp3) is 0.556. The lowest BCUT2D eigenvalue weighted by Crippen LogP contribution is -2.33. The predicted octanol–water partition coefficient (Wildman–Crippen LogP) is 0.0496. The molecule has 1 aromatic heterocycles. The van der Waals surface area contributed by atoms with Crippen molar-refractivity contribution >= 4 is 12.2 Å². The van der Waals surface area contributed by atoms with Crippen molar-refractivity contribution in [2.24, 2.45) is 5.10 Å². The molecule has 1 heterocycles. The Bertz CT molecular complexity index is 401. The van der Waals surface area contributed by atoms with E-state index in [1.54, 1.807) is 0 Å². The SMILES string of the molecule is CCCCNC(=O)N/N=C/c1no[n+]([O-])c1C. The monoisotopic (exact) mass is 241 g/mol. The van der Waals surface area contributed by atoms with E-state index in [1.807, 2.05) is 6.92 Å². The first-order valence-corrected chi connectivity index (χ1v) is 5.28. The van der Waals surface area contributed by atoms with Gasteiger partial charge in [0, 0.05) is 18.6 Å². The van der Waals surface area contributed by atoms with E-state index in [4.69, 9.17) is 0 Å². The van der Waals surface area contributed by atoms with Gasteiger partial charge in [-0.1, -0.05) is 13.3 Å². The number of carbonyl (C=O) groups excluding carboxylic acids is 1. The first-order chi connectivity index (χ1) is 8.15. The molecule has 0 unspecified atom stereocenters. The zero-order chi connectivity index (χ0) is 12.7. The Morgan fingerprint density at radius 1 is 1.71 bits per heavy atom. The molecule has 0 saturated heterocycles. The molecule has 17 heavy (non-hydrogen) atoms. The van der Waals surface area contributed by atoms with Crippen LogP contribution in [0.1, 0.15) is 31.2 Å². The van der Waals surface area contributed by atoms with Crippen molar-refractivity contribution < 1.29 is 14.3 Å². The second-order valence-electron chi connectivity index (χ2n) is 3.38. The minimum absolute atomic E-state index is 0.267. The smallest absolute Gasteiger partial charge is 0.335 e. The van der Waals surface area contributed by atoms with Crippen LogP contribution in [0.3, 0.4) is 0 Å². The van der Waals surface area contributed by atoms with Crippen molar-refractivity contribution in [1.82, 2.24) is 15.9 Å². The molecule has 8 heteroatoms. The molecule has 0 aliphatic heterocycles. The highest BCUT2D eigenvalue weighted by molar-refractivity contribution is 5.80. The summed E-state index contributed by atoms with van der Waals surface area (Å²) in [6.07, 6.45) is 3.16. The second kappa shape index (κ2) is 6.46. The molecule has 1 rings (SSSR count). The van der Waals surface area contributed by atoms with Crippen LogP contribution in [-0.2, 0) is 0 Å². The molecule has 0 spiro atoms. The van der Waals surface area contributed by atoms with Crippen LogP contribution in [0.4, 0.5) is 4.79 Å². The van der Waals surface area contributed by atoms with Gasteiger partial charge < -0.3 is 10.5 Å². The predicted molar refractivity (Wildman–Crippen MR) is 59.2 cm³/mol. The van der Waals surface area contributed by atoms with E-state index < -0.39 is 6.03 Å². The number of unbranched alkanes of at least 4 members (excludes halogenated alkanes) is 1. The number of hydrazone groups is 1. The molecule has 2 N–H and O–H groups in total. The standard InChI is InChI=1S/C9H15N5O3/c1-3-4-5-10-9(15)12-11-6-8-7(2)14(16)17-13-8/h6H,3-5H2,1-2H3,(H2,10,12,15)/b11-6+. The molecule has 8 nitrogen and oxygen atoms in total. The molecule has 0 bridgehead atoms. The Morgan fingerprint density at radius 3 is 3.06 bits per heavy atom. The quantitative estimate of drug-likeness (QED) is 0.328. The maximum absolute atomic E-state index is 11.2. The topological polar surface area (TPSA) is 106 Å². The van der Waals surface area contributed by atoms with Crippen LogP contribution >= 0.6 is 0 Å². The number of amides is 2. The van der Waals surface area contributed by atoms with E-state index in [0.717, 1.165) is 12.8 Å². The van der Waals surface area contributed by atoms with E-state index in [0.29, 0.717) is 6.54 Å². The highest BCUT2D eigenvalue weighted by Crippen LogP contribution is 1.93. The molecule has 0 aliphatic carbocycles. The summed E-state index contributed by atoms with van der Waals surface area (Å²) in [5.74, 6) is 0. The fourth-order valence-corrected chi connectivity index (χ4v) is 0.989. The fourth-order valence-electron chi connectivity index (χ4n) is 0.989. The van der Waals surface area contributed by atoms with Crippen molar-refractivity contribution in [2.45, 2.75) is 26.7 Å². The van der Waals surface area contributed by atoms with Crippen LogP contribution in [0.25, 0.3) is 0 Å². The van der Waals surface area contributed by atoms with Crippen LogP contribution in [0, 0.1) is 12.1 Å². The van der Waals surface area contributed by atoms with Crippen LogP contribution in [0.5, 0.6) is 0 Å². The molecule has 0 aliphatic rings. The third-order valence-corrected chi connectivity index (χ3v) is 2.03. The first-order valence-electron chi connectivity index (χ1n) is 5.28. The van der Waals surface area contributed by atoms with Gasteiger partial charge >= 0.3 is 6.03 Å². The summed E-state index contributed by atoms with van der Waals surface area (Å²) in [6, 6.07) is -0.397. The summed E-state index contributed by atoms with van der Waals surface area (Å²) in [6.45, 7) is 4.16. The molecular weight excluding hydrogens is 226 g/mol. The number of aromatic nitrogens is 2. The number of carbonyl (C=O) groups is 1.